The van der Waals surface area contributed by atoms with Crippen LogP contribution in [0.25, 0.3) is 0 Å². The van der Waals surface area contributed by atoms with Crippen LogP contribution in [0.1, 0.15) is 15.9 Å². The molecule has 0 unspecified atom stereocenters. The van der Waals surface area contributed by atoms with Gasteiger partial charge in [0, 0.05) is 12.2 Å². The molecule has 0 saturated heterocycles. The van der Waals surface area contributed by atoms with Gasteiger partial charge < -0.3 is 10.1 Å². The number of sulfonamides is 1. The number of carbonyl (C=O) groups is 1. The first kappa shape index (κ1) is 21.1. The van der Waals surface area contributed by atoms with Crippen LogP contribution in [0.4, 0.5) is 15.8 Å². The van der Waals surface area contributed by atoms with Gasteiger partial charge in [0.25, 0.3) is 15.9 Å². The lowest BCUT2D eigenvalue weighted by Crippen LogP contribution is -2.38. The minimum atomic E-state index is -3.92. The number of methoxy groups -OCH3 is 1. The Bertz CT molecular complexity index is 1250. The number of hydrogen-bond donors (Lipinski definition) is 2. The van der Waals surface area contributed by atoms with Crippen molar-refractivity contribution in [2.24, 2.45) is 0 Å². The largest absolute Gasteiger partial charge is 0.497 e. The molecule has 10 heteroatoms. The summed E-state index contributed by atoms with van der Waals surface area (Å²) in [5.41, 5.74) is 3.92. The van der Waals surface area contributed by atoms with E-state index in [-0.39, 0.29) is 22.0 Å². The Kier molecular flexibility index (Phi) is 5.57. The van der Waals surface area contributed by atoms with E-state index >= 15 is 0 Å². The standard InChI is InChI=1S/C21H17ClFN3O4S/c1-30-15-7-9-16(10-8-15)31(28,29)26-19-11-14(6-5-13(19)12-24-26)25-21(27)20-17(22)3-2-4-18(20)23/h2-11,24H,12H2,1H3,(H,25,27). The summed E-state index contributed by atoms with van der Waals surface area (Å²) in [6.07, 6.45) is 0. The van der Waals surface area contributed by atoms with Gasteiger partial charge in [-0.15, -0.1) is 0 Å². The molecule has 3 aromatic rings. The maximum absolute atomic E-state index is 14.0. The zero-order valence-corrected chi connectivity index (χ0v) is 17.8. The van der Waals surface area contributed by atoms with E-state index in [9.17, 15) is 17.6 Å². The zero-order valence-electron chi connectivity index (χ0n) is 16.2. The van der Waals surface area contributed by atoms with Crippen molar-refractivity contribution in [2.75, 3.05) is 16.8 Å². The van der Waals surface area contributed by atoms with E-state index in [1.807, 2.05) is 0 Å². The summed E-state index contributed by atoms with van der Waals surface area (Å²) >= 11 is 5.95. The lowest BCUT2D eigenvalue weighted by Gasteiger charge is -2.20. The number of carbonyl (C=O) groups excluding carboxylic acids is 1. The average Bonchev–Trinajstić information content (AvgIpc) is 3.18. The third-order valence-corrected chi connectivity index (χ3v) is 6.75. The number of anilines is 2. The van der Waals surface area contributed by atoms with Gasteiger partial charge in [-0.2, -0.15) is 12.8 Å². The Morgan fingerprint density at radius 1 is 1.16 bits per heavy atom. The molecule has 0 radical (unpaired) electrons. The highest BCUT2D eigenvalue weighted by Crippen LogP contribution is 2.33. The molecule has 0 fully saturated rings. The van der Waals surface area contributed by atoms with Gasteiger partial charge in [-0.05, 0) is 54.1 Å². The SMILES string of the molecule is COc1ccc(S(=O)(=O)N2NCc3ccc(NC(=O)c4c(F)cccc4Cl)cc32)cc1. The van der Waals surface area contributed by atoms with Crippen molar-refractivity contribution in [3.8, 4) is 5.75 Å². The molecule has 4 rings (SSSR count). The normalized spacial score (nSPS) is 13.1. The van der Waals surface area contributed by atoms with Crippen molar-refractivity contribution >= 4 is 38.9 Å². The van der Waals surface area contributed by atoms with Gasteiger partial charge in [0.1, 0.15) is 11.6 Å². The van der Waals surface area contributed by atoms with E-state index in [0.717, 1.165) is 16.0 Å². The van der Waals surface area contributed by atoms with Crippen LogP contribution in [0.2, 0.25) is 5.02 Å². The summed E-state index contributed by atoms with van der Waals surface area (Å²) in [6.45, 7) is 0.290. The van der Waals surface area contributed by atoms with Crippen LogP contribution in [-0.4, -0.2) is 21.4 Å². The Balaban J connectivity index is 1.64. The first-order chi connectivity index (χ1) is 14.8. The van der Waals surface area contributed by atoms with Gasteiger partial charge in [-0.25, -0.2) is 9.82 Å². The molecular weight excluding hydrogens is 445 g/mol. The van der Waals surface area contributed by atoms with E-state index in [1.54, 1.807) is 24.3 Å². The molecule has 1 amide bonds. The number of hydrogen-bond acceptors (Lipinski definition) is 5. The van der Waals surface area contributed by atoms with Gasteiger partial charge in [0.2, 0.25) is 0 Å². The van der Waals surface area contributed by atoms with Crippen LogP contribution >= 0.6 is 11.6 Å². The van der Waals surface area contributed by atoms with Crippen LogP contribution in [0.15, 0.2) is 65.6 Å². The van der Waals surface area contributed by atoms with E-state index in [1.165, 1.54) is 37.4 Å². The quantitative estimate of drug-likeness (QED) is 0.600. The highest BCUT2D eigenvalue weighted by atomic mass is 35.5. The predicted molar refractivity (Wildman–Crippen MR) is 115 cm³/mol. The topological polar surface area (TPSA) is 87.7 Å². The van der Waals surface area contributed by atoms with E-state index in [4.69, 9.17) is 16.3 Å². The van der Waals surface area contributed by atoms with Gasteiger partial charge in [0.15, 0.2) is 0 Å². The summed E-state index contributed by atoms with van der Waals surface area (Å²) in [6, 6.07) is 14.7. The molecular formula is C21H17ClFN3O4S. The number of fused-ring (bicyclic) bond motifs is 1. The molecule has 0 saturated carbocycles. The minimum Gasteiger partial charge on any atom is -0.497 e. The van der Waals surface area contributed by atoms with E-state index in [2.05, 4.69) is 10.7 Å². The van der Waals surface area contributed by atoms with Crippen molar-refractivity contribution in [1.82, 2.24) is 5.43 Å². The first-order valence-corrected chi connectivity index (χ1v) is 10.9. The van der Waals surface area contributed by atoms with Crippen LogP contribution in [-0.2, 0) is 16.6 Å². The molecule has 0 bridgehead atoms. The molecule has 0 spiro atoms. The predicted octanol–water partition coefficient (Wildman–Crippen LogP) is 3.95. The van der Waals surface area contributed by atoms with Crippen LogP contribution in [0.5, 0.6) is 5.75 Å². The Morgan fingerprint density at radius 3 is 2.58 bits per heavy atom. The lowest BCUT2D eigenvalue weighted by atomic mass is 10.1. The number of halogens is 2. The maximum Gasteiger partial charge on any atom is 0.277 e. The van der Waals surface area contributed by atoms with Crippen molar-refractivity contribution in [1.29, 1.82) is 0 Å². The summed E-state index contributed by atoms with van der Waals surface area (Å²) in [5.74, 6) is -0.958. The molecule has 3 aromatic carbocycles. The third kappa shape index (κ3) is 3.95. The number of rotatable bonds is 5. The minimum absolute atomic E-state index is 0.0240. The maximum atomic E-state index is 14.0. The molecule has 160 valence electrons. The van der Waals surface area contributed by atoms with E-state index < -0.39 is 21.7 Å². The fourth-order valence-electron chi connectivity index (χ4n) is 3.20. The second kappa shape index (κ2) is 8.18. The number of nitrogens with zero attached hydrogens (tertiary/aromatic N) is 1. The second-order valence-corrected chi connectivity index (χ2v) is 8.87. The van der Waals surface area contributed by atoms with Crippen LogP contribution < -0.4 is 19.9 Å². The molecule has 1 aliphatic rings. The van der Waals surface area contributed by atoms with Crippen molar-refractivity contribution in [3.63, 3.8) is 0 Å². The highest BCUT2D eigenvalue weighted by molar-refractivity contribution is 7.92. The van der Waals surface area contributed by atoms with Crippen LogP contribution in [0, 0.1) is 5.82 Å². The summed E-state index contributed by atoms with van der Waals surface area (Å²) < 4.78 is 46.4. The number of nitrogens with one attached hydrogen (secondary N) is 2. The fourth-order valence-corrected chi connectivity index (χ4v) is 4.80. The molecule has 2 N–H and O–H groups in total. The number of benzene rings is 3. The zero-order chi connectivity index (χ0) is 22.2. The smallest absolute Gasteiger partial charge is 0.277 e. The first-order valence-electron chi connectivity index (χ1n) is 9.12. The summed E-state index contributed by atoms with van der Waals surface area (Å²) in [4.78, 5) is 12.6. The molecule has 7 nitrogen and oxygen atoms in total. The number of hydrazine groups is 1. The van der Waals surface area contributed by atoms with Crippen molar-refractivity contribution < 1.29 is 22.3 Å². The van der Waals surface area contributed by atoms with Gasteiger partial charge >= 0.3 is 0 Å². The summed E-state index contributed by atoms with van der Waals surface area (Å²) in [5, 5.41) is 2.54. The van der Waals surface area contributed by atoms with Crippen molar-refractivity contribution in [3.05, 3.63) is 82.6 Å². The highest BCUT2D eigenvalue weighted by Gasteiger charge is 2.31. The van der Waals surface area contributed by atoms with Gasteiger partial charge in [-0.1, -0.05) is 23.7 Å². The van der Waals surface area contributed by atoms with Gasteiger partial charge in [-0.3, -0.25) is 4.79 Å². The molecule has 1 aliphatic heterocycles. The Hall–Kier alpha value is -3.14. The molecule has 1 heterocycles. The number of amides is 1. The van der Waals surface area contributed by atoms with Gasteiger partial charge in [0.05, 0.1) is 28.3 Å². The Labute approximate surface area is 183 Å². The van der Waals surface area contributed by atoms with Crippen molar-refractivity contribution in [2.45, 2.75) is 11.4 Å². The molecule has 0 atom stereocenters. The third-order valence-electron chi connectivity index (χ3n) is 4.76. The molecule has 31 heavy (non-hydrogen) atoms. The number of ether oxygens (including phenoxy) is 1. The summed E-state index contributed by atoms with van der Waals surface area (Å²) in [7, 11) is -2.42. The lowest BCUT2D eigenvalue weighted by molar-refractivity contribution is 0.102. The average molecular weight is 462 g/mol. The second-order valence-electron chi connectivity index (χ2n) is 6.67. The Morgan fingerprint density at radius 2 is 1.90 bits per heavy atom. The fraction of sp³-hybridized carbons (Fsp3) is 0.0952. The molecule has 0 aromatic heterocycles. The monoisotopic (exact) mass is 461 g/mol. The van der Waals surface area contributed by atoms with E-state index in [0.29, 0.717) is 17.1 Å². The van der Waals surface area contributed by atoms with Crippen LogP contribution in [0.3, 0.4) is 0 Å². The molecule has 0 aliphatic carbocycles.